The fourth-order valence-electron chi connectivity index (χ4n) is 4.74. The standard InChI is InChI=1S/C21H21Cl2N3O2/c1-11-6-12(8-13(22)7-11)15-9-16(18-17(15)27-21(2,3)28-18)26-5-4-14-19(23)24-10-25-20(14)26/h4-8,10,15-18H,9H2,1-3H3/t15-,16-,17-,18+/m1/s1. The number of nitrogens with zero attached hydrogens (tertiary/aromatic N) is 3. The zero-order valence-corrected chi connectivity index (χ0v) is 17.4. The van der Waals surface area contributed by atoms with Crippen molar-refractivity contribution < 1.29 is 9.47 Å². The van der Waals surface area contributed by atoms with E-state index < -0.39 is 5.79 Å². The first-order valence-electron chi connectivity index (χ1n) is 9.42. The van der Waals surface area contributed by atoms with Crippen LogP contribution in [-0.2, 0) is 9.47 Å². The lowest BCUT2D eigenvalue weighted by molar-refractivity contribution is -0.157. The van der Waals surface area contributed by atoms with Crippen LogP contribution in [0.4, 0.5) is 0 Å². The van der Waals surface area contributed by atoms with Crippen LogP contribution in [0.1, 0.15) is 43.4 Å². The zero-order chi connectivity index (χ0) is 19.6. The molecular formula is C21H21Cl2N3O2. The third kappa shape index (κ3) is 2.92. The molecule has 7 heteroatoms. The number of ether oxygens (including phenoxy) is 2. The van der Waals surface area contributed by atoms with Crippen molar-refractivity contribution in [1.29, 1.82) is 0 Å². The van der Waals surface area contributed by atoms with Crippen LogP contribution in [0, 0.1) is 6.92 Å². The predicted molar refractivity (Wildman–Crippen MR) is 109 cm³/mol. The molecule has 0 unspecified atom stereocenters. The Morgan fingerprint density at radius 2 is 1.89 bits per heavy atom. The first-order chi connectivity index (χ1) is 13.3. The van der Waals surface area contributed by atoms with Gasteiger partial charge in [-0.25, -0.2) is 9.97 Å². The number of halogens is 2. The van der Waals surface area contributed by atoms with Crippen molar-refractivity contribution in [2.75, 3.05) is 0 Å². The summed E-state index contributed by atoms with van der Waals surface area (Å²) in [6, 6.07) is 8.25. The van der Waals surface area contributed by atoms with Crippen molar-refractivity contribution in [2.24, 2.45) is 0 Å². The minimum atomic E-state index is -0.630. The Labute approximate surface area is 173 Å². The van der Waals surface area contributed by atoms with E-state index in [9.17, 15) is 0 Å². The van der Waals surface area contributed by atoms with Gasteiger partial charge < -0.3 is 14.0 Å². The highest BCUT2D eigenvalue weighted by Gasteiger charge is 2.55. The molecule has 3 aromatic rings. The van der Waals surface area contributed by atoms with Gasteiger partial charge in [0.2, 0.25) is 0 Å². The topological polar surface area (TPSA) is 49.2 Å². The second kappa shape index (κ2) is 6.42. The van der Waals surface area contributed by atoms with E-state index >= 15 is 0 Å². The lowest BCUT2D eigenvalue weighted by Crippen LogP contribution is -2.27. The van der Waals surface area contributed by atoms with Crippen LogP contribution in [-0.4, -0.2) is 32.5 Å². The quantitative estimate of drug-likeness (QED) is 0.531. The van der Waals surface area contributed by atoms with E-state index in [1.54, 1.807) is 0 Å². The summed E-state index contributed by atoms with van der Waals surface area (Å²) in [7, 11) is 0. The molecule has 5 nitrogen and oxygen atoms in total. The lowest BCUT2D eigenvalue weighted by atomic mass is 9.94. The van der Waals surface area contributed by atoms with Gasteiger partial charge in [0, 0.05) is 17.1 Å². The number of aromatic nitrogens is 3. The van der Waals surface area contributed by atoms with Crippen molar-refractivity contribution in [3.05, 3.63) is 58.1 Å². The maximum atomic E-state index is 6.35. The van der Waals surface area contributed by atoms with Crippen LogP contribution in [0.3, 0.4) is 0 Å². The van der Waals surface area contributed by atoms with Gasteiger partial charge in [0.05, 0.1) is 17.5 Å². The number of benzene rings is 1. The van der Waals surface area contributed by atoms with E-state index in [0.29, 0.717) is 5.15 Å². The molecule has 4 atom stereocenters. The summed E-state index contributed by atoms with van der Waals surface area (Å²) in [6.07, 6.45) is 4.27. The highest BCUT2D eigenvalue weighted by Crippen LogP contribution is 2.51. The molecule has 1 aliphatic carbocycles. The number of fused-ring (bicyclic) bond motifs is 2. The third-order valence-corrected chi connectivity index (χ3v) is 6.26. The fourth-order valence-corrected chi connectivity index (χ4v) is 5.23. The van der Waals surface area contributed by atoms with Gasteiger partial charge in [0.1, 0.15) is 23.2 Å². The SMILES string of the molecule is Cc1cc(Cl)cc([C@H]2C[C@@H](n3ccc4c(Cl)ncnc43)[C@@H]3OC(C)(C)O[C@@H]32)c1. The largest absolute Gasteiger partial charge is 0.344 e. The number of hydrogen-bond acceptors (Lipinski definition) is 4. The minimum absolute atomic E-state index is 0.0485. The predicted octanol–water partition coefficient (Wildman–Crippen LogP) is 5.30. The maximum absolute atomic E-state index is 6.35. The van der Waals surface area contributed by atoms with Gasteiger partial charge in [-0.3, -0.25) is 0 Å². The van der Waals surface area contributed by atoms with Gasteiger partial charge in [0.15, 0.2) is 5.79 Å². The average molecular weight is 418 g/mol. The van der Waals surface area contributed by atoms with E-state index in [-0.39, 0.29) is 24.2 Å². The maximum Gasteiger partial charge on any atom is 0.163 e. The Balaban J connectivity index is 1.60. The molecule has 28 heavy (non-hydrogen) atoms. The molecule has 1 saturated carbocycles. The third-order valence-electron chi connectivity index (χ3n) is 5.75. The Morgan fingerprint density at radius 1 is 1.11 bits per heavy atom. The van der Waals surface area contributed by atoms with E-state index in [1.165, 1.54) is 11.9 Å². The summed E-state index contributed by atoms with van der Waals surface area (Å²) in [5.74, 6) is -0.445. The van der Waals surface area contributed by atoms with E-state index in [1.807, 2.05) is 38.2 Å². The van der Waals surface area contributed by atoms with Crippen LogP contribution >= 0.6 is 23.2 Å². The summed E-state index contributed by atoms with van der Waals surface area (Å²) < 4.78 is 14.8. The van der Waals surface area contributed by atoms with E-state index in [0.717, 1.165) is 28.0 Å². The minimum Gasteiger partial charge on any atom is -0.344 e. The summed E-state index contributed by atoms with van der Waals surface area (Å²) >= 11 is 12.6. The Kier molecular flexibility index (Phi) is 4.22. The molecule has 146 valence electrons. The van der Waals surface area contributed by atoms with Gasteiger partial charge in [-0.15, -0.1) is 0 Å². The molecule has 0 N–H and O–H groups in total. The van der Waals surface area contributed by atoms with Crippen LogP contribution < -0.4 is 0 Å². The molecule has 1 aromatic carbocycles. The molecule has 1 aliphatic heterocycles. The lowest BCUT2D eigenvalue weighted by Gasteiger charge is -2.25. The molecule has 1 saturated heterocycles. The first-order valence-corrected chi connectivity index (χ1v) is 10.2. The average Bonchev–Trinajstić information content (AvgIpc) is 3.25. The smallest absolute Gasteiger partial charge is 0.163 e. The van der Waals surface area contributed by atoms with Crippen molar-refractivity contribution >= 4 is 34.2 Å². The van der Waals surface area contributed by atoms with Crippen LogP contribution in [0.5, 0.6) is 0 Å². The number of aryl methyl sites for hydroxylation is 1. The molecular weight excluding hydrogens is 397 g/mol. The zero-order valence-electron chi connectivity index (χ0n) is 15.9. The molecule has 3 heterocycles. The molecule has 0 bridgehead atoms. The van der Waals surface area contributed by atoms with Crippen LogP contribution in [0.25, 0.3) is 11.0 Å². The van der Waals surface area contributed by atoms with Gasteiger partial charge in [-0.2, -0.15) is 0 Å². The van der Waals surface area contributed by atoms with Crippen molar-refractivity contribution in [2.45, 2.75) is 57.1 Å². The van der Waals surface area contributed by atoms with E-state index in [4.69, 9.17) is 32.7 Å². The molecule has 0 radical (unpaired) electrons. The van der Waals surface area contributed by atoms with Crippen molar-refractivity contribution in [3.63, 3.8) is 0 Å². The Hall–Kier alpha value is -1.66. The van der Waals surface area contributed by atoms with Crippen molar-refractivity contribution in [3.8, 4) is 0 Å². The van der Waals surface area contributed by atoms with Gasteiger partial charge >= 0.3 is 0 Å². The monoisotopic (exact) mass is 417 g/mol. The summed E-state index contributed by atoms with van der Waals surface area (Å²) in [5.41, 5.74) is 3.15. The molecule has 2 aliphatic rings. The number of rotatable bonds is 2. The normalized spacial score (nSPS) is 28.8. The Bertz CT molecular complexity index is 1040. The molecule has 0 spiro atoms. The van der Waals surface area contributed by atoms with Crippen molar-refractivity contribution in [1.82, 2.24) is 14.5 Å². The first kappa shape index (κ1) is 18.4. The second-order valence-electron chi connectivity index (χ2n) is 8.16. The van der Waals surface area contributed by atoms with Crippen LogP contribution in [0.2, 0.25) is 10.2 Å². The number of hydrogen-bond donors (Lipinski definition) is 0. The molecule has 5 rings (SSSR count). The highest BCUT2D eigenvalue weighted by molar-refractivity contribution is 6.33. The molecule has 0 amide bonds. The fraction of sp³-hybridized carbons (Fsp3) is 0.429. The van der Waals surface area contributed by atoms with Gasteiger partial charge in [0.25, 0.3) is 0 Å². The second-order valence-corrected chi connectivity index (χ2v) is 8.96. The van der Waals surface area contributed by atoms with Gasteiger partial charge in [-0.1, -0.05) is 29.3 Å². The summed E-state index contributed by atoms with van der Waals surface area (Å²) in [4.78, 5) is 8.56. The highest BCUT2D eigenvalue weighted by atomic mass is 35.5. The summed E-state index contributed by atoms with van der Waals surface area (Å²) in [6.45, 7) is 6.00. The Morgan fingerprint density at radius 3 is 2.68 bits per heavy atom. The van der Waals surface area contributed by atoms with E-state index in [2.05, 4.69) is 27.5 Å². The molecule has 2 aromatic heterocycles. The van der Waals surface area contributed by atoms with Crippen LogP contribution in [0.15, 0.2) is 36.8 Å². The molecule has 2 fully saturated rings. The summed E-state index contributed by atoms with van der Waals surface area (Å²) in [5, 5.41) is 2.06. The van der Waals surface area contributed by atoms with Gasteiger partial charge in [-0.05, 0) is 56.5 Å².